The third-order valence-corrected chi connectivity index (χ3v) is 3.94. The van der Waals surface area contributed by atoms with Crippen LogP contribution in [-0.2, 0) is 14.4 Å². The quantitative estimate of drug-likeness (QED) is 0.753. The van der Waals surface area contributed by atoms with Gasteiger partial charge in [-0.05, 0) is 31.6 Å². The zero-order valence-corrected chi connectivity index (χ0v) is 11.6. The average Bonchev–Trinajstić information content (AvgIpc) is 3.18. The van der Waals surface area contributed by atoms with Gasteiger partial charge in [0.1, 0.15) is 0 Å². The van der Waals surface area contributed by atoms with Gasteiger partial charge in [0.25, 0.3) is 0 Å². The highest BCUT2D eigenvalue weighted by atomic mass is 16.4. The Labute approximate surface area is 118 Å². The highest BCUT2D eigenvalue weighted by molar-refractivity contribution is 5.85. The van der Waals surface area contributed by atoms with Crippen LogP contribution >= 0.6 is 0 Å². The van der Waals surface area contributed by atoms with E-state index >= 15 is 0 Å². The summed E-state index contributed by atoms with van der Waals surface area (Å²) in [7, 11) is 0. The molecule has 2 fully saturated rings. The van der Waals surface area contributed by atoms with Crippen molar-refractivity contribution in [2.24, 2.45) is 5.92 Å². The van der Waals surface area contributed by atoms with E-state index < -0.39 is 5.97 Å². The number of carboxylic acid groups (broad SMARTS) is 1. The average molecular weight is 282 g/mol. The minimum atomic E-state index is -0.895. The number of hydrogen-bond donors (Lipinski definition) is 2. The highest BCUT2D eigenvalue weighted by Gasteiger charge is 2.34. The molecule has 20 heavy (non-hydrogen) atoms. The van der Waals surface area contributed by atoms with Crippen LogP contribution in [0.4, 0.5) is 0 Å². The number of carbonyl (C=O) groups excluding carboxylic acids is 2. The molecule has 112 valence electrons. The number of nitrogens with zero attached hydrogens (tertiary/aromatic N) is 1. The molecule has 2 rings (SSSR count). The summed E-state index contributed by atoms with van der Waals surface area (Å²) in [4.78, 5) is 36.2. The lowest BCUT2D eigenvalue weighted by Crippen LogP contribution is -2.45. The van der Waals surface area contributed by atoms with Gasteiger partial charge >= 0.3 is 5.97 Å². The zero-order chi connectivity index (χ0) is 14.5. The fourth-order valence-electron chi connectivity index (χ4n) is 2.65. The van der Waals surface area contributed by atoms with Crippen molar-refractivity contribution < 1.29 is 19.5 Å². The van der Waals surface area contributed by atoms with Gasteiger partial charge in [0.05, 0.1) is 13.0 Å². The minimum absolute atomic E-state index is 0.0267. The Morgan fingerprint density at radius 2 is 2.05 bits per heavy atom. The van der Waals surface area contributed by atoms with E-state index in [1.54, 1.807) is 4.90 Å². The fourth-order valence-corrected chi connectivity index (χ4v) is 2.65. The topological polar surface area (TPSA) is 86.7 Å². The molecular weight excluding hydrogens is 260 g/mol. The molecule has 0 aromatic heterocycles. The van der Waals surface area contributed by atoms with Crippen LogP contribution in [0.3, 0.4) is 0 Å². The van der Waals surface area contributed by atoms with Gasteiger partial charge in [0.2, 0.25) is 11.8 Å². The van der Waals surface area contributed by atoms with Gasteiger partial charge in [-0.3, -0.25) is 14.4 Å². The molecule has 2 amide bonds. The van der Waals surface area contributed by atoms with Crippen molar-refractivity contribution in [3.8, 4) is 0 Å². The van der Waals surface area contributed by atoms with Crippen molar-refractivity contribution in [1.82, 2.24) is 10.2 Å². The van der Waals surface area contributed by atoms with Gasteiger partial charge in [0.15, 0.2) is 0 Å². The Bertz CT molecular complexity index is 393. The van der Waals surface area contributed by atoms with E-state index in [4.69, 9.17) is 5.11 Å². The second kappa shape index (κ2) is 6.72. The van der Waals surface area contributed by atoms with Gasteiger partial charge in [0, 0.05) is 19.0 Å². The van der Waals surface area contributed by atoms with Crippen LogP contribution < -0.4 is 5.32 Å². The number of rotatable bonds is 6. The smallest absolute Gasteiger partial charge is 0.305 e. The van der Waals surface area contributed by atoms with E-state index in [9.17, 15) is 14.4 Å². The molecule has 1 aliphatic carbocycles. The maximum absolute atomic E-state index is 12.0. The lowest BCUT2D eigenvalue weighted by atomic mass is 10.1. The lowest BCUT2D eigenvalue weighted by Gasteiger charge is -2.22. The summed E-state index contributed by atoms with van der Waals surface area (Å²) in [6, 6.07) is -0.290. The monoisotopic (exact) mass is 282 g/mol. The Hall–Kier alpha value is -1.59. The van der Waals surface area contributed by atoms with Crippen LogP contribution in [0.25, 0.3) is 0 Å². The second-order valence-corrected chi connectivity index (χ2v) is 5.74. The summed E-state index contributed by atoms with van der Waals surface area (Å²) in [6.45, 7) is 0.681. The molecule has 1 aliphatic heterocycles. The summed E-state index contributed by atoms with van der Waals surface area (Å²) in [5.74, 6) is -0.819. The van der Waals surface area contributed by atoms with Gasteiger partial charge in [-0.15, -0.1) is 0 Å². The van der Waals surface area contributed by atoms with E-state index in [2.05, 4.69) is 5.32 Å². The van der Waals surface area contributed by atoms with Gasteiger partial charge < -0.3 is 15.3 Å². The number of likely N-dealkylation sites (tertiary alicyclic amines) is 1. The van der Waals surface area contributed by atoms with Crippen LogP contribution in [0.1, 0.15) is 44.9 Å². The van der Waals surface area contributed by atoms with E-state index in [0.29, 0.717) is 13.0 Å². The van der Waals surface area contributed by atoms with Crippen molar-refractivity contribution in [2.45, 2.75) is 51.0 Å². The predicted octanol–water partition coefficient (Wildman–Crippen LogP) is 0.758. The summed E-state index contributed by atoms with van der Waals surface area (Å²) in [5, 5.41) is 11.6. The summed E-state index contributed by atoms with van der Waals surface area (Å²) in [6.07, 6.45) is 5.26. The molecule has 0 radical (unpaired) electrons. The van der Waals surface area contributed by atoms with Crippen LogP contribution in [-0.4, -0.2) is 46.9 Å². The number of carbonyl (C=O) groups is 3. The van der Waals surface area contributed by atoms with Crippen molar-refractivity contribution in [1.29, 1.82) is 0 Å². The van der Waals surface area contributed by atoms with E-state index in [-0.39, 0.29) is 36.7 Å². The van der Waals surface area contributed by atoms with E-state index in [0.717, 1.165) is 32.1 Å². The number of amides is 2. The molecule has 2 aliphatic rings. The van der Waals surface area contributed by atoms with E-state index in [1.165, 1.54) is 0 Å². The SMILES string of the molecule is O=C(O)CC(NC(=O)CN1CCCCCC1=O)C1CC1. The van der Waals surface area contributed by atoms with Crippen LogP contribution in [0, 0.1) is 5.92 Å². The van der Waals surface area contributed by atoms with Crippen molar-refractivity contribution in [3.05, 3.63) is 0 Å². The zero-order valence-electron chi connectivity index (χ0n) is 11.6. The Balaban J connectivity index is 1.83. The molecule has 1 saturated heterocycles. The van der Waals surface area contributed by atoms with Crippen LogP contribution in [0.15, 0.2) is 0 Å². The summed E-state index contributed by atoms with van der Waals surface area (Å²) in [5.41, 5.74) is 0. The minimum Gasteiger partial charge on any atom is -0.481 e. The Morgan fingerprint density at radius 1 is 1.30 bits per heavy atom. The third-order valence-electron chi connectivity index (χ3n) is 3.94. The highest BCUT2D eigenvalue weighted by Crippen LogP contribution is 2.34. The standard InChI is InChI=1S/C14H22N2O4/c17-12(9-16-7-3-1-2-4-13(16)18)15-11(8-14(19)20)10-5-6-10/h10-11H,1-9H2,(H,15,17)(H,19,20). The maximum Gasteiger partial charge on any atom is 0.305 e. The number of hydrogen-bond acceptors (Lipinski definition) is 3. The molecule has 0 aromatic carbocycles. The Kier molecular flexibility index (Phi) is 4.98. The van der Waals surface area contributed by atoms with Crippen LogP contribution in [0.5, 0.6) is 0 Å². The molecule has 0 spiro atoms. The molecule has 2 N–H and O–H groups in total. The molecule has 6 heteroatoms. The number of carboxylic acids is 1. The third kappa shape index (κ3) is 4.51. The molecule has 0 bridgehead atoms. The molecule has 1 atom stereocenters. The summed E-state index contributed by atoms with van der Waals surface area (Å²) >= 11 is 0. The normalized spacial score (nSPS) is 21.2. The van der Waals surface area contributed by atoms with Gasteiger partial charge in [-0.25, -0.2) is 0 Å². The molecule has 6 nitrogen and oxygen atoms in total. The first-order chi connectivity index (χ1) is 9.56. The van der Waals surface area contributed by atoms with Crippen LogP contribution in [0.2, 0.25) is 0 Å². The maximum atomic E-state index is 12.0. The number of nitrogens with one attached hydrogen (secondary N) is 1. The van der Waals surface area contributed by atoms with Gasteiger partial charge in [-0.2, -0.15) is 0 Å². The lowest BCUT2D eigenvalue weighted by molar-refractivity contribution is -0.139. The molecule has 1 saturated carbocycles. The second-order valence-electron chi connectivity index (χ2n) is 5.74. The van der Waals surface area contributed by atoms with Crippen molar-refractivity contribution in [2.75, 3.05) is 13.1 Å². The fraction of sp³-hybridized carbons (Fsp3) is 0.786. The molecule has 1 unspecified atom stereocenters. The summed E-state index contributed by atoms with van der Waals surface area (Å²) < 4.78 is 0. The predicted molar refractivity (Wildman–Crippen MR) is 72.0 cm³/mol. The van der Waals surface area contributed by atoms with Crippen molar-refractivity contribution in [3.63, 3.8) is 0 Å². The van der Waals surface area contributed by atoms with E-state index in [1.807, 2.05) is 0 Å². The molecule has 1 heterocycles. The van der Waals surface area contributed by atoms with Crippen molar-refractivity contribution >= 4 is 17.8 Å². The first-order valence-corrected chi connectivity index (χ1v) is 7.35. The number of aliphatic carboxylic acids is 1. The van der Waals surface area contributed by atoms with Gasteiger partial charge in [-0.1, -0.05) is 6.42 Å². The largest absolute Gasteiger partial charge is 0.481 e. The first-order valence-electron chi connectivity index (χ1n) is 7.35. The molecular formula is C14H22N2O4. The first kappa shape index (κ1) is 14.8. The Morgan fingerprint density at radius 3 is 2.70 bits per heavy atom. The molecule has 0 aromatic rings.